The minimum Gasteiger partial charge on any atom is -0.493 e. The molecular weight excluding hydrogens is 352 g/mol. The van der Waals surface area contributed by atoms with Crippen LogP contribution in [0.3, 0.4) is 0 Å². The zero-order valence-corrected chi connectivity index (χ0v) is 15.6. The Labute approximate surface area is 157 Å². The molecule has 1 aromatic carbocycles. The van der Waals surface area contributed by atoms with E-state index in [4.69, 9.17) is 9.47 Å². The van der Waals surface area contributed by atoms with Crippen LogP contribution in [0.15, 0.2) is 12.1 Å². The number of piperidine rings is 1. The molecule has 27 heavy (non-hydrogen) atoms. The van der Waals surface area contributed by atoms with E-state index in [-0.39, 0.29) is 30.8 Å². The number of carbonyl (C=O) groups excluding carboxylic acids is 3. The number of ether oxygens (including phenoxy) is 3. The van der Waals surface area contributed by atoms with Gasteiger partial charge in [-0.05, 0) is 31.7 Å². The fourth-order valence-corrected chi connectivity index (χ4v) is 3.43. The second-order valence-electron chi connectivity index (χ2n) is 6.58. The first-order chi connectivity index (χ1) is 13.0. The molecule has 0 aliphatic carbocycles. The number of carbonyl (C=O) groups is 3. The van der Waals surface area contributed by atoms with Crippen LogP contribution in [0.4, 0.5) is 5.69 Å². The van der Waals surface area contributed by atoms with Crippen molar-refractivity contribution in [3.05, 3.63) is 17.7 Å². The molecule has 2 aliphatic heterocycles. The van der Waals surface area contributed by atoms with Gasteiger partial charge in [-0.2, -0.15) is 0 Å². The number of anilines is 1. The van der Waals surface area contributed by atoms with E-state index < -0.39 is 6.04 Å². The molecule has 0 bridgehead atoms. The topological polar surface area (TPSA) is 94.2 Å². The van der Waals surface area contributed by atoms with Gasteiger partial charge in [-0.3, -0.25) is 14.4 Å². The molecule has 0 unspecified atom stereocenters. The number of hydrogen-bond donors (Lipinski definition) is 1. The summed E-state index contributed by atoms with van der Waals surface area (Å²) < 4.78 is 15.7. The Balaban J connectivity index is 1.82. The van der Waals surface area contributed by atoms with Gasteiger partial charge >= 0.3 is 5.97 Å². The van der Waals surface area contributed by atoms with E-state index in [1.165, 1.54) is 14.2 Å². The van der Waals surface area contributed by atoms with Crippen LogP contribution in [0.5, 0.6) is 11.5 Å². The molecule has 1 fully saturated rings. The van der Waals surface area contributed by atoms with Crippen LogP contribution in [-0.2, 0) is 14.3 Å². The van der Waals surface area contributed by atoms with E-state index in [0.717, 1.165) is 12.8 Å². The lowest BCUT2D eigenvalue weighted by Gasteiger charge is -2.32. The molecule has 2 aliphatic rings. The fourth-order valence-electron chi connectivity index (χ4n) is 3.43. The van der Waals surface area contributed by atoms with E-state index in [1.807, 2.05) is 0 Å². The number of fused-ring (bicyclic) bond motifs is 2. The zero-order chi connectivity index (χ0) is 19.4. The maximum absolute atomic E-state index is 13.0. The summed E-state index contributed by atoms with van der Waals surface area (Å²) in [6, 6.07) is 2.78. The maximum atomic E-state index is 13.0. The van der Waals surface area contributed by atoms with E-state index in [0.29, 0.717) is 42.1 Å². The number of rotatable bonds is 6. The van der Waals surface area contributed by atoms with Crippen LogP contribution in [0.1, 0.15) is 42.5 Å². The Kier molecular flexibility index (Phi) is 5.83. The Bertz CT molecular complexity index is 748. The molecule has 2 heterocycles. The van der Waals surface area contributed by atoms with Gasteiger partial charge in [-0.15, -0.1) is 0 Å². The second-order valence-corrected chi connectivity index (χ2v) is 6.58. The average molecular weight is 376 g/mol. The third-order valence-corrected chi connectivity index (χ3v) is 4.87. The third-order valence-electron chi connectivity index (χ3n) is 4.87. The number of amides is 2. The summed E-state index contributed by atoms with van der Waals surface area (Å²) in [4.78, 5) is 38.3. The second kappa shape index (κ2) is 8.28. The minimum atomic E-state index is -0.436. The van der Waals surface area contributed by atoms with Crippen LogP contribution in [-0.4, -0.2) is 56.1 Å². The third kappa shape index (κ3) is 3.99. The van der Waals surface area contributed by atoms with Crippen LogP contribution in [0.25, 0.3) is 0 Å². The lowest BCUT2D eigenvalue weighted by atomic mass is 10.0. The maximum Gasteiger partial charge on any atom is 0.305 e. The van der Waals surface area contributed by atoms with E-state index >= 15 is 0 Å². The molecule has 3 rings (SSSR count). The quantitative estimate of drug-likeness (QED) is 0.603. The van der Waals surface area contributed by atoms with Gasteiger partial charge in [0.05, 0.1) is 32.1 Å². The fraction of sp³-hybridized carbons (Fsp3) is 0.526. The largest absolute Gasteiger partial charge is 0.493 e. The predicted octanol–water partition coefficient (Wildman–Crippen LogP) is 1.97. The standard InChI is InChI=1S/C19H24N2O6/c1-25-15-10-12-13(11-16(15)27-9-5-7-17(22)26-2)20-18(23)14-6-3-4-8-21(14)19(12)24/h10-11,14H,3-9H2,1-2H3,(H,20,23)/t14-/m0/s1. The molecule has 146 valence electrons. The number of hydrogen-bond acceptors (Lipinski definition) is 6. The van der Waals surface area contributed by atoms with Gasteiger partial charge in [0, 0.05) is 19.0 Å². The van der Waals surface area contributed by atoms with Crippen LogP contribution in [0.2, 0.25) is 0 Å². The van der Waals surface area contributed by atoms with Crippen molar-refractivity contribution in [3.63, 3.8) is 0 Å². The van der Waals surface area contributed by atoms with Crippen molar-refractivity contribution in [2.75, 3.05) is 32.7 Å². The van der Waals surface area contributed by atoms with Crippen molar-refractivity contribution in [2.24, 2.45) is 0 Å². The number of nitrogens with zero attached hydrogens (tertiary/aromatic N) is 1. The minimum absolute atomic E-state index is 0.177. The van der Waals surface area contributed by atoms with Gasteiger partial charge in [0.1, 0.15) is 6.04 Å². The molecule has 0 saturated carbocycles. The molecule has 1 atom stereocenters. The highest BCUT2D eigenvalue weighted by Gasteiger charge is 2.37. The molecule has 8 nitrogen and oxygen atoms in total. The van der Waals surface area contributed by atoms with E-state index in [9.17, 15) is 14.4 Å². The zero-order valence-electron chi connectivity index (χ0n) is 15.6. The molecule has 8 heteroatoms. The monoisotopic (exact) mass is 376 g/mol. The molecule has 0 aromatic heterocycles. The summed E-state index contributed by atoms with van der Waals surface area (Å²) in [7, 11) is 2.83. The lowest BCUT2D eigenvalue weighted by Crippen LogP contribution is -2.47. The SMILES string of the molecule is COC(=O)CCCOc1cc2c(cc1OC)C(=O)N1CCCC[C@H]1C(=O)N2. The van der Waals surface area contributed by atoms with Gasteiger partial charge in [0.2, 0.25) is 5.91 Å². The smallest absolute Gasteiger partial charge is 0.305 e. The van der Waals surface area contributed by atoms with Crippen LogP contribution >= 0.6 is 0 Å². The lowest BCUT2D eigenvalue weighted by molar-refractivity contribution is -0.140. The molecular formula is C19H24N2O6. The number of esters is 1. The average Bonchev–Trinajstić information content (AvgIpc) is 2.79. The Hall–Kier alpha value is -2.77. The van der Waals surface area contributed by atoms with Gasteiger partial charge < -0.3 is 24.4 Å². The summed E-state index contributed by atoms with van der Waals surface area (Å²) in [5, 5.41) is 2.85. The van der Waals surface area contributed by atoms with Crippen LogP contribution in [0, 0.1) is 0 Å². The highest BCUT2D eigenvalue weighted by atomic mass is 16.5. The Morgan fingerprint density at radius 1 is 1.22 bits per heavy atom. The van der Waals surface area contributed by atoms with E-state index in [2.05, 4.69) is 10.1 Å². The van der Waals surface area contributed by atoms with Crippen molar-refractivity contribution >= 4 is 23.5 Å². The normalized spacial score (nSPS) is 18.7. The van der Waals surface area contributed by atoms with Crippen molar-refractivity contribution in [3.8, 4) is 11.5 Å². The number of nitrogens with one attached hydrogen (secondary N) is 1. The van der Waals surface area contributed by atoms with Gasteiger partial charge in [-0.25, -0.2) is 0 Å². The summed E-state index contributed by atoms with van der Waals surface area (Å²) in [5.41, 5.74) is 0.815. The molecule has 0 radical (unpaired) electrons. The Morgan fingerprint density at radius 3 is 2.78 bits per heavy atom. The predicted molar refractivity (Wildman–Crippen MR) is 97.0 cm³/mol. The first kappa shape index (κ1) is 19.0. The van der Waals surface area contributed by atoms with Gasteiger partial charge in [0.15, 0.2) is 11.5 Å². The summed E-state index contributed by atoms with van der Waals surface area (Å²) in [5.74, 6) is 0.160. The highest BCUT2D eigenvalue weighted by Crippen LogP contribution is 2.37. The molecule has 1 aromatic rings. The number of methoxy groups -OCH3 is 2. The van der Waals surface area contributed by atoms with Gasteiger partial charge in [0.25, 0.3) is 5.91 Å². The van der Waals surface area contributed by atoms with E-state index in [1.54, 1.807) is 17.0 Å². The van der Waals surface area contributed by atoms with Gasteiger partial charge in [-0.1, -0.05) is 0 Å². The summed E-state index contributed by atoms with van der Waals surface area (Å²) in [6.45, 7) is 0.853. The van der Waals surface area contributed by atoms with Crippen molar-refractivity contribution in [1.82, 2.24) is 4.90 Å². The van der Waals surface area contributed by atoms with Crippen molar-refractivity contribution in [2.45, 2.75) is 38.1 Å². The summed E-state index contributed by atoms with van der Waals surface area (Å²) >= 11 is 0. The highest BCUT2D eigenvalue weighted by molar-refractivity contribution is 6.10. The van der Waals surface area contributed by atoms with Crippen molar-refractivity contribution in [1.29, 1.82) is 0 Å². The summed E-state index contributed by atoms with van der Waals surface area (Å²) in [6.07, 6.45) is 3.21. The first-order valence-electron chi connectivity index (χ1n) is 9.08. The van der Waals surface area contributed by atoms with Crippen molar-refractivity contribution < 1.29 is 28.6 Å². The molecule has 2 amide bonds. The van der Waals surface area contributed by atoms with Crippen LogP contribution < -0.4 is 14.8 Å². The Morgan fingerprint density at radius 2 is 2.04 bits per heavy atom. The first-order valence-corrected chi connectivity index (χ1v) is 9.08. The number of benzene rings is 1. The molecule has 1 saturated heterocycles. The molecule has 1 N–H and O–H groups in total. The molecule has 0 spiro atoms.